The molecule has 0 bridgehead atoms. The van der Waals surface area contributed by atoms with E-state index in [1.807, 2.05) is 41.8 Å². The van der Waals surface area contributed by atoms with E-state index in [0.717, 1.165) is 15.8 Å². The molecule has 3 rings (SSSR count). The molecule has 2 heterocycles. The zero-order valence-electron chi connectivity index (χ0n) is 14.2. The zero-order valence-corrected chi connectivity index (χ0v) is 15.0. The molecular formula is C18H15N5O2S. The molecule has 0 atom stereocenters. The van der Waals surface area contributed by atoms with Crippen molar-refractivity contribution in [2.45, 2.75) is 20.4 Å². The fourth-order valence-corrected chi connectivity index (χ4v) is 3.14. The van der Waals surface area contributed by atoms with Crippen LogP contribution in [0.1, 0.15) is 18.1 Å². The molecule has 1 aromatic carbocycles. The van der Waals surface area contributed by atoms with Crippen LogP contribution >= 0.6 is 11.3 Å². The monoisotopic (exact) mass is 365 g/mol. The maximum atomic E-state index is 12.5. The molecule has 0 saturated carbocycles. The molecule has 0 radical (unpaired) electrons. The molecule has 0 aliphatic rings. The lowest BCUT2D eigenvalue weighted by molar-refractivity contribution is 0.409. The van der Waals surface area contributed by atoms with Gasteiger partial charge in [-0.3, -0.25) is 9.36 Å². The SMILES string of the molecule is CCn1c(O)c(C#N)c(C)c(N=Nc2nc(-c3ccccc3)cs2)c1=O. The Kier molecular flexibility index (Phi) is 4.91. The molecule has 8 heteroatoms. The Morgan fingerprint density at radius 1 is 1.31 bits per heavy atom. The van der Waals surface area contributed by atoms with E-state index in [1.54, 1.807) is 13.8 Å². The topological polar surface area (TPSA) is 104 Å². The third kappa shape index (κ3) is 3.12. The van der Waals surface area contributed by atoms with Gasteiger partial charge in [-0.15, -0.1) is 21.6 Å². The molecule has 3 aromatic rings. The molecule has 0 fully saturated rings. The molecule has 0 aliphatic carbocycles. The van der Waals surface area contributed by atoms with E-state index < -0.39 is 5.56 Å². The summed E-state index contributed by atoms with van der Waals surface area (Å²) in [4.78, 5) is 16.9. The first-order valence-corrected chi connectivity index (χ1v) is 8.74. The lowest BCUT2D eigenvalue weighted by Gasteiger charge is -2.10. The molecular weight excluding hydrogens is 350 g/mol. The fourth-order valence-electron chi connectivity index (χ4n) is 2.49. The van der Waals surface area contributed by atoms with Crippen LogP contribution in [0.3, 0.4) is 0 Å². The average molecular weight is 365 g/mol. The minimum atomic E-state index is -0.495. The van der Waals surface area contributed by atoms with Crippen LogP contribution in [0.4, 0.5) is 10.8 Å². The highest BCUT2D eigenvalue weighted by molar-refractivity contribution is 7.13. The molecule has 0 amide bonds. The number of hydrogen-bond donors (Lipinski definition) is 1. The maximum absolute atomic E-state index is 12.5. The van der Waals surface area contributed by atoms with E-state index >= 15 is 0 Å². The third-order valence-electron chi connectivity index (χ3n) is 3.88. The molecule has 0 spiro atoms. The number of aromatic hydroxyl groups is 1. The van der Waals surface area contributed by atoms with Crippen molar-refractivity contribution in [3.8, 4) is 23.2 Å². The lowest BCUT2D eigenvalue weighted by atomic mass is 10.1. The van der Waals surface area contributed by atoms with Gasteiger partial charge >= 0.3 is 0 Å². The fraction of sp³-hybridized carbons (Fsp3) is 0.167. The third-order valence-corrected chi connectivity index (χ3v) is 4.61. The van der Waals surface area contributed by atoms with Gasteiger partial charge in [0.1, 0.15) is 11.6 Å². The molecule has 130 valence electrons. The van der Waals surface area contributed by atoms with Crippen LogP contribution in [0, 0.1) is 18.3 Å². The van der Waals surface area contributed by atoms with Crippen molar-refractivity contribution in [2.24, 2.45) is 10.2 Å². The van der Waals surface area contributed by atoms with Gasteiger partial charge in [-0.25, -0.2) is 4.98 Å². The summed E-state index contributed by atoms with van der Waals surface area (Å²) in [5.74, 6) is -0.350. The predicted molar refractivity (Wildman–Crippen MR) is 99.2 cm³/mol. The van der Waals surface area contributed by atoms with E-state index in [9.17, 15) is 15.2 Å². The standard InChI is InChI=1S/C18H15N5O2S/c1-3-23-16(24)13(9-19)11(2)15(17(23)25)21-22-18-20-14(10-26-18)12-7-5-4-6-8-12/h4-8,10,24H,3H2,1-2H3. The summed E-state index contributed by atoms with van der Waals surface area (Å²) in [5, 5.41) is 29.6. The minimum absolute atomic E-state index is 0.0181. The second kappa shape index (κ2) is 7.29. The molecule has 0 saturated heterocycles. The summed E-state index contributed by atoms with van der Waals surface area (Å²) < 4.78 is 1.09. The van der Waals surface area contributed by atoms with E-state index in [0.29, 0.717) is 10.7 Å². The summed E-state index contributed by atoms with van der Waals surface area (Å²) in [5.41, 5.74) is 1.58. The quantitative estimate of drug-likeness (QED) is 0.696. The van der Waals surface area contributed by atoms with Crippen molar-refractivity contribution in [1.82, 2.24) is 9.55 Å². The first-order valence-electron chi connectivity index (χ1n) is 7.86. The number of nitrogens with zero attached hydrogens (tertiary/aromatic N) is 5. The highest BCUT2D eigenvalue weighted by atomic mass is 32.1. The Bertz CT molecular complexity index is 1080. The van der Waals surface area contributed by atoms with Crippen LogP contribution < -0.4 is 5.56 Å². The largest absolute Gasteiger partial charge is 0.493 e. The Morgan fingerprint density at radius 3 is 2.69 bits per heavy atom. The highest BCUT2D eigenvalue weighted by Gasteiger charge is 2.18. The number of pyridine rings is 1. The van der Waals surface area contributed by atoms with Crippen molar-refractivity contribution in [3.63, 3.8) is 0 Å². The Hall–Kier alpha value is -3.31. The van der Waals surface area contributed by atoms with E-state index in [4.69, 9.17) is 0 Å². The second-order valence-corrected chi connectivity index (χ2v) is 6.25. The van der Waals surface area contributed by atoms with Gasteiger partial charge in [0.25, 0.3) is 5.56 Å². The molecule has 7 nitrogen and oxygen atoms in total. The smallest absolute Gasteiger partial charge is 0.281 e. The van der Waals surface area contributed by atoms with Crippen molar-refractivity contribution in [2.75, 3.05) is 0 Å². The van der Waals surface area contributed by atoms with Crippen molar-refractivity contribution < 1.29 is 5.11 Å². The summed E-state index contributed by atoms with van der Waals surface area (Å²) in [6.45, 7) is 3.48. The number of thiazole rings is 1. The Labute approximate surface area is 153 Å². The Balaban J connectivity index is 2.01. The van der Waals surface area contributed by atoms with E-state index in [2.05, 4.69) is 15.2 Å². The van der Waals surface area contributed by atoms with E-state index in [1.165, 1.54) is 11.3 Å². The molecule has 26 heavy (non-hydrogen) atoms. The van der Waals surface area contributed by atoms with Gasteiger partial charge in [-0.05, 0) is 13.8 Å². The molecule has 2 aromatic heterocycles. The summed E-state index contributed by atoms with van der Waals surface area (Å²) in [7, 11) is 0. The number of azo groups is 1. The van der Waals surface area contributed by atoms with Crippen LogP contribution in [-0.4, -0.2) is 14.7 Å². The second-order valence-electron chi connectivity index (χ2n) is 5.41. The van der Waals surface area contributed by atoms with E-state index in [-0.39, 0.29) is 23.7 Å². The van der Waals surface area contributed by atoms with Gasteiger partial charge in [0.15, 0.2) is 5.69 Å². The van der Waals surface area contributed by atoms with Gasteiger partial charge in [0.2, 0.25) is 11.0 Å². The van der Waals surface area contributed by atoms with Crippen LogP contribution in [-0.2, 0) is 6.54 Å². The van der Waals surface area contributed by atoms with Crippen LogP contribution in [0.2, 0.25) is 0 Å². The number of benzene rings is 1. The maximum Gasteiger partial charge on any atom is 0.281 e. The summed E-state index contributed by atoms with van der Waals surface area (Å²) in [6, 6.07) is 11.6. The highest BCUT2D eigenvalue weighted by Crippen LogP contribution is 2.29. The normalized spacial score (nSPS) is 11.0. The van der Waals surface area contributed by atoms with Crippen molar-refractivity contribution in [3.05, 3.63) is 57.2 Å². The number of aromatic nitrogens is 2. The number of nitriles is 1. The number of hydrogen-bond acceptors (Lipinski definition) is 7. The number of rotatable bonds is 4. The average Bonchev–Trinajstić information content (AvgIpc) is 3.12. The van der Waals surface area contributed by atoms with Crippen LogP contribution in [0.5, 0.6) is 5.88 Å². The summed E-state index contributed by atoms with van der Waals surface area (Å²) >= 11 is 1.30. The Morgan fingerprint density at radius 2 is 2.04 bits per heavy atom. The first-order chi connectivity index (χ1) is 12.6. The predicted octanol–water partition coefficient (Wildman–Crippen LogP) is 4.29. The molecule has 0 aliphatic heterocycles. The first kappa shape index (κ1) is 17.5. The lowest BCUT2D eigenvalue weighted by Crippen LogP contribution is -2.20. The molecule has 1 N–H and O–H groups in total. The van der Waals surface area contributed by atoms with Gasteiger partial charge in [-0.2, -0.15) is 5.26 Å². The van der Waals surface area contributed by atoms with Gasteiger partial charge in [0, 0.05) is 23.1 Å². The zero-order chi connectivity index (χ0) is 18.7. The minimum Gasteiger partial charge on any atom is -0.493 e. The van der Waals surface area contributed by atoms with Gasteiger partial charge in [0.05, 0.1) is 5.69 Å². The van der Waals surface area contributed by atoms with Gasteiger partial charge in [-0.1, -0.05) is 30.3 Å². The summed E-state index contributed by atoms with van der Waals surface area (Å²) in [6.07, 6.45) is 0. The molecule has 0 unspecified atom stereocenters. The van der Waals surface area contributed by atoms with Crippen molar-refractivity contribution in [1.29, 1.82) is 5.26 Å². The van der Waals surface area contributed by atoms with Crippen molar-refractivity contribution >= 4 is 22.2 Å². The van der Waals surface area contributed by atoms with Gasteiger partial charge < -0.3 is 5.11 Å². The van der Waals surface area contributed by atoms with Crippen LogP contribution in [0.15, 0.2) is 50.7 Å². The van der Waals surface area contributed by atoms with Crippen LogP contribution in [0.25, 0.3) is 11.3 Å².